The molecule has 5 nitrogen and oxygen atoms in total. The second-order valence-corrected chi connectivity index (χ2v) is 13.1. The summed E-state index contributed by atoms with van der Waals surface area (Å²) < 4.78 is 7.19. The van der Waals surface area contributed by atoms with Crippen molar-refractivity contribution in [2.24, 2.45) is 0 Å². The second-order valence-electron chi connectivity index (χ2n) is 7.35. The molecule has 0 aliphatic heterocycles. The Morgan fingerprint density at radius 2 is 1.71 bits per heavy atom. The van der Waals surface area contributed by atoms with Gasteiger partial charge >= 0.3 is 5.97 Å². The van der Waals surface area contributed by atoms with Gasteiger partial charge in [0.25, 0.3) is 0 Å². The predicted molar refractivity (Wildman–Crippen MR) is 102 cm³/mol. The van der Waals surface area contributed by atoms with Gasteiger partial charge in [0.2, 0.25) is 0 Å². The van der Waals surface area contributed by atoms with E-state index in [4.69, 9.17) is 10.5 Å². The molecular weight excluding hydrogens is 318 g/mol. The van der Waals surface area contributed by atoms with Gasteiger partial charge in [-0.25, -0.2) is 9.78 Å². The van der Waals surface area contributed by atoms with Crippen LogP contribution >= 0.6 is 0 Å². The number of methoxy groups -OCH3 is 1. The molecule has 0 bridgehead atoms. The van der Waals surface area contributed by atoms with Crippen LogP contribution < -0.4 is 5.73 Å². The van der Waals surface area contributed by atoms with Crippen LogP contribution in [-0.4, -0.2) is 30.5 Å². The van der Waals surface area contributed by atoms with Crippen LogP contribution in [0.3, 0.4) is 0 Å². The summed E-state index contributed by atoms with van der Waals surface area (Å²) >= 11 is 0. The highest BCUT2D eigenvalue weighted by molar-refractivity contribution is 6.82. The van der Waals surface area contributed by atoms with Gasteiger partial charge in [0.05, 0.1) is 12.8 Å². The number of anilines is 1. The number of hydrogen-bond acceptors (Lipinski definition) is 4. The molecule has 0 unspecified atom stereocenters. The Bertz CT molecular complexity index is 728. The largest absolute Gasteiger partial charge is 0.465 e. The summed E-state index contributed by atoms with van der Waals surface area (Å²) in [7, 11) is -0.557. The van der Waals surface area contributed by atoms with Crippen LogP contribution in [0.25, 0.3) is 11.0 Å². The van der Waals surface area contributed by atoms with Crippen molar-refractivity contribution < 1.29 is 9.53 Å². The zero-order valence-corrected chi connectivity index (χ0v) is 16.8. The molecule has 6 heteroatoms. The summed E-state index contributed by atoms with van der Waals surface area (Å²) in [6, 6.07) is 1.99. The summed E-state index contributed by atoms with van der Waals surface area (Å²) in [4.78, 5) is 16.5. The van der Waals surface area contributed by atoms with Crippen molar-refractivity contribution in [1.29, 1.82) is 0 Å². The zero-order chi connectivity index (χ0) is 18.2. The molecule has 0 aliphatic rings. The van der Waals surface area contributed by atoms with E-state index in [1.165, 1.54) is 7.11 Å². The summed E-state index contributed by atoms with van der Waals surface area (Å²) in [5.74, 6) is -0.449. The average molecular weight is 348 g/mol. The third kappa shape index (κ3) is 2.53. The van der Waals surface area contributed by atoms with E-state index in [0.29, 0.717) is 27.9 Å². The van der Waals surface area contributed by atoms with Crippen LogP contribution in [0.5, 0.6) is 0 Å². The minimum atomic E-state index is -1.91. The van der Waals surface area contributed by atoms with E-state index in [1.807, 2.05) is 6.07 Å². The maximum atomic E-state index is 11.9. The molecule has 0 fully saturated rings. The number of pyridine rings is 1. The van der Waals surface area contributed by atoms with Gasteiger partial charge in [-0.05, 0) is 28.9 Å². The summed E-state index contributed by atoms with van der Waals surface area (Å²) in [6.45, 7) is 13.9. The summed E-state index contributed by atoms with van der Waals surface area (Å²) in [5.41, 5.74) is 9.55. The topological polar surface area (TPSA) is 70.1 Å². The minimum absolute atomic E-state index is 0.327. The molecule has 132 valence electrons. The highest BCUT2D eigenvalue weighted by Gasteiger charge is 2.46. The normalized spacial score (nSPS) is 12.6. The lowest BCUT2D eigenvalue weighted by atomic mass is 10.2. The molecule has 2 rings (SSSR count). The van der Waals surface area contributed by atoms with Gasteiger partial charge in [0, 0.05) is 11.6 Å². The van der Waals surface area contributed by atoms with Crippen molar-refractivity contribution in [2.75, 3.05) is 12.8 Å². The number of nitrogens with zero attached hydrogens (tertiary/aromatic N) is 2. The molecular formula is C18H29N3O2Si. The first kappa shape index (κ1) is 18.5. The molecule has 2 aromatic rings. The molecule has 0 aromatic carbocycles. The van der Waals surface area contributed by atoms with Crippen LogP contribution in [0.2, 0.25) is 16.6 Å². The van der Waals surface area contributed by atoms with Crippen LogP contribution in [0.1, 0.15) is 51.9 Å². The SMILES string of the molecule is COC(=O)c1cnc2c(ccn2[Si](C(C)C)(C(C)C)C(C)C)c1N. The Labute approximate surface area is 145 Å². The van der Waals surface area contributed by atoms with Crippen LogP contribution in [0, 0.1) is 0 Å². The molecule has 2 heterocycles. The van der Waals surface area contributed by atoms with Gasteiger partial charge < -0.3 is 14.7 Å². The number of aromatic nitrogens is 2. The first-order valence-electron chi connectivity index (χ1n) is 8.53. The summed E-state index contributed by atoms with van der Waals surface area (Å²) in [5, 5.41) is 0.830. The molecule has 0 spiro atoms. The number of nitrogen functional groups attached to an aromatic ring is 1. The fourth-order valence-corrected chi connectivity index (χ4v) is 11.1. The molecule has 2 N–H and O–H groups in total. The summed E-state index contributed by atoms with van der Waals surface area (Å²) in [6.07, 6.45) is 3.65. The molecule has 0 aliphatic carbocycles. The number of nitrogens with two attached hydrogens (primary N) is 1. The zero-order valence-electron chi connectivity index (χ0n) is 15.8. The van der Waals surface area contributed by atoms with E-state index in [9.17, 15) is 4.79 Å². The molecule has 2 aromatic heterocycles. The fraction of sp³-hybridized carbons (Fsp3) is 0.556. The van der Waals surface area contributed by atoms with E-state index in [-0.39, 0.29) is 0 Å². The number of carbonyl (C=O) groups excluding carboxylic acids is 1. The number of ether oxygens (including phenoxy) is 1. The second kappa shape index (κ2) is 6.59. The van der Waals surface area contributed by atoms with Crippen molar-refractivity contribution in [2.45, 2.75) is 58.2 Å². The van der Waals surface area contributed by atoms with Gasteiger partial charge in [0.1, 0.15) is 11.2 Å². The van der Waals surface area contributed by atoms with Gasteiger partial charge in [-0.3, -0.25) is 0 Å². The van der Waals surface area contributed by atoms with E-state index in [1.54, 1.807) is 6.20 Å². The Kier molecular flexibility index (Phi) is 5.08. The van der Waals surface area contributed by atoms with E-state index in [0.717, 1.165) is 11.0 Å². The van der Waals surface area contributed by atoms with Crippen molar-refractivity contribution in [3.63, 3.8) is 0 Å². The monoisotopic (exact) mass is 347 g/mol. The molecule has 24 heavy (non-hydrogen) atoms. The van der Waals surface area contributed by atoms with Crippen molar-refractivity contribution in [3.05, 3.63) is 24.0 Å². The van der Waals surface area contributed by atoms with Crippen LogP contribution in [0.4, 0.5) is 5.69 Å². The van der Waals surface area contributed by atoms with Gasteiger partial charge in [0.15, 0.2) is 8.24 Å². The number of hydrogen-bond donors (Lipinski definition) is 1. The Balaban J connectivity index is 2.78. The number of esters is 1. The Hall–Kier alpha value is -1.82. The minimum Gasteiger partial charge on any atom is -0.465 e. The van der Waals surface area contributed by atoms with Gasteiger partial charge in [-0.2, -0.15) is 0 Å². The first-order valence-corrected chi connectivity index (χ1v) is 10.7. The third-order valence-electron chi connectivity index (χ3n) is 5.35. The fourth-order valence-electron chi connectivity index (χ4n) is 4.53. The van der Waals surface area contributed by atoms with Gasteiger partial charge in [-0.15, -0.1) is 0 Å². The highest BCUT2D eigenvalue weighted by Crippen LogP contribution is 2.44. The molecule has 0 radical (unpaired) electrons. The molecule has 0 amide bonds. The first-order chi connectivity index (χ1) is 11.2. The predicted octanol–water partition coefficient (Wildman–Crippen LogP) is 4.43. The molecule has 0 saturated carbocycles. The lowest BCUT2D eigenvalue weighted by molar-refractivity contribution is 0.0601. The van der Waals surface area contributed by atoms with Crippen LogP contribution in [-0.2, 0) is 4.74 Å². The lowest BCUT2D eigenvalue weighted by Gasteiger charge is -2.44. The van der Waals surface area contributed by atoms with Crippen molar-refractivity contribution in [3.8, 4) is 0 Å². The Morgan fingerprint density at radius 1 is 1.17 bits per heavy atom. The molecule has 0 saturated heterocycles. The standard InChI is InChI=1S/C18H29N3O2Si/c1-11(2)24(12(3)4,13(5)6)21-9-8-14-16(19)15(18(22)23-7)10-20-17(14)21/h8-13H,1-7H3,(H2,19,20). The van der Waals surface area contributed by atoms with Gasteiger partial charge in [-0.1, -0.05) is 41.5 Å². The third-order valence-corrected chi connectivity index (χ3v) is 12.1. The maximum Gasteiger partial charge on any atom is 0.341 e. The number of carbonyl (C=O) groups is 1. The quantitative estimate of drug-likeness (QED) is 0.641. The highest BCUT2D eigenvalue weighted by atomic mass is 28.3. The lowest BCUT2D eigenvalue weighted by Crippen LogP contribution is -2.51. The van der Waals surface area contributed by atoms with E-state index in [2.05, 4.69) is 57.0 Å². The smallest absolute Gasteiger partial charge is 0.341 e. The average Bonchev–Trinajstić information content (AvgIpc) is 2.91. The molecule has 0 atom stereocenters. The number of fused-ring (bicyclic) bond motifs is 1. The van der Waals surface area contributed by atoms with Crippen molar-refractivity contribution in [1.82, 2.24) is 9.22 Å². The maximum absolute atomic E-state index is 11.9. The van der Waals surface area contributed by atoms with Crippen LogP contribution in [0.15, 0.2) is 18.5 Å². The van der Waals surface area contributed by atoms with E-state index < -0.39 is 14.2 Å². The van der Waals surface area contributed by atoms with Crippen molar-refractivity contribution >= 4 is 30.9 Å². The van der Waals surface area contributed by atoms with E-state index >= 15 is 0 Å². The Morgan fingerprint density at radius 3 is 2.17 bits per heavy atom. The number of rotatable bonds is 5.